The van der Waals surface area contributed by atoms with Gasteiger partial charge in [0.15, 0.2) is 0 Å². The summed E-state index contributed by atoms with van der Waals surface area (Å²) in [5.74, 6) is 1.02. The van der Waals surface area contributed by atoms with E-state index in [1.807, 2.05) is 18.7 Å². The Hall–Kier alpha value is -1.23. The number of carboxylic acid groups (broad SMARTS) is 1. The summed E-state index contributed by atoms with van der Waals surface area (Å²) in [6.07, 6.45) is 2.29. The van der Waals surface area contributed by atoms with Crippen molar-refractivity contribution >= 4 is 17.7 Å². The van der Waals surface area contributed by atoms with Gasteiger partial charge in [0.2, 0.25) is 0 Å². The van der Waals surface area contributed by atoms with E-state index in [0.717, 1.165) is 17.9 Å². The van der Waals surface area contributed by atoms with E-state index in [1.54, 1.807) is 0 Å². The third kappa shape index (κ3) is 3.93. The summed E-state index contributed by atoms with van der Waals surface area (Å²) >= 11 is 1.82. The smallest absolute Gasteiger partial charge is 0.337 e. The normalized spacial score (nSPS) is 12.4. The van der Waals surface area contributed by atoms with Crippen LogP contribution in [0.3, 0.4) is 0 Å². The maximum absolute atomic E-state index is 11.6. The topological polar surface area (TPSA) is 59.3 Å². The van der Waals surface area contributed by atoms with E-state index in [4.69, 9.17) is 5.11 Å². The van der Waals surface area contributed by atoms with Gasteiger partial charge in [-0.2, -0.15) is 11.8 Å². The van der Waals surface area contributed by atoms with Crippen LogP contribution in [-0.4, -0.2) is 27.1 Å². The molecule has 0 aliphatic carbocycles. The Kier molecular flexibility index (Phi) is 5.28. The number of thioether (sulfide) groups is 1. The molecule has 0 spiro atoms. The Balaban J connectivity index is 2.84. The molecule has 1 heterocycles. The minimum Gasteiger partial charge on any atom is -0.478 e. The fourth-order valence-electron chi connectivity index (χ4n) is 1.51. The molecule has 17 heavy (non-hydrogen) atoms. The van der Waals surface area contributed by atoms with Crippen LogP contribution in [0.1, 0.15) is 36.7 Å². The Labute approximate surface area is 105 Å². The zero-order valence-electron chi connectivity index (χ0n) is 10.0. The second kappa shape index (κ2) is 6.49. The van der Waals surface area contributed by atoms with Gasteiger partial charge in [0, 0.05) is 18.3 Å². The number of hydrogen-bond donors (Lipinski definition) is 1. The van der Waals surface area contributed by atoms with Crippen molar-refractivity contribution in [3.63, 3.8) is 0 Å². The summed E-state index contributed by atoms with van der Waals surface area (Å²) in [5.41, 5.74) is 0.00333. The van der Waals surface area contributed by atoms with Crippen molar-refractivity contribution in [3.05, 3.63) is 34.2 Å². The third-order valence-electron chi connectivity index (χ3n) is 2.54. The lowest BCUT2D eigenvalue weighted by molar-refractivity contribution is 0.0695. The van der Waals surface area contributed by atoms with Gasteiger partial charge >= 0.3 is 5.97 Å². The first-order valence-corrected chi connectivity index (χ1v) is 6.75. The number of carboxylic acids is 1. The van der Waals surface area contributed by atoms with Crippen molar-refractivity contribution < 1.29 is 9.90 Å². The molecule has 0 fully saturated rings. The van der Waals surface area contributed by atoms with Crippen LogP contribution in [0, 0.1) is 0 Å². The number of nitrogens with zero attached hydrogens (tertiary/aromatic N) is 1. The first kappa shape index (κ1) is 13.8. The second-order valence-electron chi connectivity index (χ2n) is 3.80. The van der Waals surface area contributed by atoms with Crippen molar-refractivity contribution in [2.45, 2.75) is 26.3 Å². The molecule has 1 aromatic rings. The number of aromatic carboxylic acids is 1. The molecule has 1 atom stereocenters. The zero-order valence-corrected chi connectivity index (χ0v) is 10.9. The Morgan fingerprint density at radius 3 is 2.82 bits per heavy atom. The van der Waals surface area contributed by atoms with Gasteiger partial charge in [-0.05, 0) is 30.9 Å². The third-order valence-corrected chi connectivity index (χ3v) is 3.48. The van der Waals surface area contributed by atoms with Gasteiger partial charge in [-0.1, -0.05) is 6.92 Å². The Morgan fingerprint density at radius 1 is 1.53 bits per heavy atom. The highest BCUT2D eigenvalue weighted by molar-refractivity contribution is 7.99. The molecule has 0 aliphatic rings. The molecule has 0 bridgehead atoms. The van der Waals surface area contributed by atoms with E-state index >= 15 is 0 Å². The quantitative estimate of drug-likeness (QED) is 0.792. The van der Waals surface area contributed by atoms with Crippen molar-refractivity contribution in [2.24, 2.45) is 0 Å². The van der Waals surface area contributed by atoms with Crippen LogP contribution in [-0.2, 0) is 0 Å². The van der Waals surface area contributed by atoms with Gasteiger partial charge in [0.1, 0.15) is 0 Å². The molecule has 94 valence electrons. The van der Waals surface area contributed by atoms with Crippen LogP contribution in [0.2, 0.25) is 0 Å². The SMILES string of the molecule is CCSCCC(C)n1cc(C(=O)O)ccc1=O. The van der Waals surface area contributed by atoms with Crippen LogP contribution < -0.4 is 5.56 Å². The molecule has 5 heteroatoms. The highest BCUT2D eigenvalue weighted by Crippen LogP contribution is 2.13. The summed E-state index contributed by atoms with van der Waals surface area (Å²) in [5, 5.41) is 8.88. The van der Waals surface area contributed by atoms with E-state index in [0.29, 0.717) is 0 Å². The van der Waals surface area contributed by atoms with E-state index in [-0.39, 0.29) is 17.2 Å². The maximum Gasteiger partial charge on any atom is 0.337 e. The summed E-state index contributed by atoms with van der Waals surface area (Å²) in [6, 6.07) is 2.68. The van der Waals surface area contributed by atoms with Crippen LogP contribution >= 0.6 is 11.8 Å². The van der Waals surface area contributed by atoms with Crippen molar-refractivity contribution in [1.82, 2.24) is 4.57 Å². The molecular formula is C12H17NO3S. The first-order valence-electron chi connectivity index (χ1n) is 5.59. The zero-order chi connectivity index (χ0) is 12.8. The van der Waals surface area contributed by atoms with Gasteiger partial charge in [-0.25, -0.2) is 4.79 Å². The molecule has 0 radical (unpaired) electrons. The van der Waals surface area contributed by atoms with Crippen LogP contribution in [0.25, 0.3) is 0 Å². The highest BCUT2D eigenvalue weighted by atomic mass is 32.2. The second-order valence-corrected chi connectivity index (χ2v) is 5.20. The highest BCUT2D eigenvalue weighted by Gasteiger charge is 2.10. The van der Waals surface area contributed by atoms with Gasteiger partial charge in [0.05, 0.1) is 5.56 Å². The fourth-order valence-corrected chi connectivity index (χ4v) is 2.31. The lowest BCUT2D eigenvalue weighted by Gasteiger charge is -2.15. The van der Waals surface area contributed by atoms with Crippen molar-refractivity contribution in [2.75, 3.05) is 11.5 Å². The summed E-state index contributed by atoms with van der Waals surface area (Å²) in [7, 11) is 0. The molecule has 0 aromatic carbocycles. The number of carbonyl (C=O) groups is 1. The van der Waals surface area contributed by atoms with Crippen LogP contribution in [0.5, 0.6) is 0 Å². The van der Waals surface area contributed by atoms with Crippen LogP contribution in [0.4, 0.5) is 0 Å². The van der Waals surface area contributed by atoms with Gasteiger partial charge in [0.25, 0.3) is 5.56 Å². The first-order chi connectivity index (χ1) is 8.06. The van der Waals surface area contributed by atoms with E-state index < -0.39 is 5.97 Å². The monoisotopic (exact) mass is 255 g/mol. The average Bonchev–Trinajstić information content (AvgIpc) is 2.29. The number of pyridine rings is 1. The average molecular weight is 255 g/mol. The van der Waals surface area contributed by atoms with Gasteiger partial charge < -0.3 is 9.67 Å². The molecule has 1 rings (SSSR count). The number of aromatic nitrogens is 1. The lowest BCUT2D eigenvalue weighted by Crippen LogP contribution is -2.23. The Morgan fingerprint density at radius 2 is 2.24 bits per heavy atom. The molecule has 0 aliphatic heterocycles. The molecule has 0 saturated carbocycles. The van der Waals surface area contributed by atoms with E-state index in [1.165, 1.54) is 22.9 Å². The largest absolute Gasteiger partial charge is 0.478 e. The molecule has 1 aromatic heterocycles. The number of hydrogen-bond acceptors (Lipinski definition) is 3. The molecule has 0 saturated heterocycles. The van der Waals surface area contributed by atoms with Gasteiger partial charge in [-0.3, -0.25) is 4.79 Å². The standard InChI is InChI=1S/C12H17NO3S/c1-3-17-7-6-9(2)13-8-10(12(15)16)4-5-11(13)14/h4-5,8-9H,3,6-7H2,1-2H3,(H,15,16). The minimum atomic E-state index is -1.01. The summed E-state index contributed by atoms with van der Waals surface area (Å²) in [6.45, 7) is 4.02. The van der Waals surface area contributed by atoms with Crippen LogP contribution in [0.15, 0.2) is 23.1 Å². The molecule has 0 amide bonds. The van der Waals surface area contributed by atoms with Crippen molar-refractivity contribution in [3.8, 4) is 0 Å². The van der Waals surface area contributed by atoms with E-state index in [9.17, 15) is 9.59 Å². The van der Waals surface area contributed by atoms with Crippen molar-refractivity contribution in [1.29, 1.82) is 0 Å². The molecule has 4 nitrogen and oxygen atoms in total. The minimum absolute atomic E-state index is 0.0286. The predicted octanol–water partition coefficient (Wildman–Crippen LogP) is 2.25. The number of rotatable bonds is 6. The fraction of sp³-hybridized carbons (Fsp3) is 0.500. The molecule has 1 unspecified atom stereocenters. The van der Waals surface area contributed by atoms with Gasteiger partial charge in [-0.15, -0.1) is 0 Å². The molecule has 1 N–H and O–H groups in total. The predicted molar refractivity (Wildman–Crippen MR) is 70.0 cm³/mol. The lowest BCUT2D eigenvalue weighted by atomic mass is 10.2. The maximum atomic E-state index is 11.6. The summed E-state index contributed by atoms with van der Waals surface area (Å²) in [4.78, 5) is 22.5. The summed E-state index contributed by atoms with van der Waals surface area (Å²) < 4.78 is 1.50. The molecular weight excluding hydrogens is 238 g/mol. The van der Waals surface area contributed by atoms with E-state index in [2.05, 4.69) is 6.92 Å². The Bertz CT molecular complexity index is 442.